The van der Waals surface area contributed by atoms with Crippen molar-refractivity contribution in [3.63, 3.8) is 0 Å². The Morgan fingerprint density at radius 2 is 1.86 bits per heavy atom. The van der Waals surface area contributed by atoms with Crippen LogP contribution in [0.1, 0.15) is 15.9 Å². The van der Waals surface area contributed by atoms with Crippen molar-refractivity contribution >= 4 is 27.5 Å². The van der Waals surface area contributed by atoms with Gasteiger partial charge in [-0.2, -0.15) is 0 Å². The molecule has 0 bridgehead atoms. The van der Waals surface area contributed by atoms with Crippen LogP contribution in [0.4, 0.5) is 5.69 Å². The molecular weight excluding hydrogens is 336 g/mol. The van der Waals surface area contributed by atoms with Crippen LogP contribution < -0.4 is 14.8 Å². The number of amides is 1. The first-order chi connectivity index (χ1) is 10.1. The summed E-state index contributed by atoms with van der Waals surface area (Å²) in [5.41, 5.74) is 2.05. The Hall–Kier alpha value is -2.08. The third kappa shape index (κ3) is 3.33. The Labute approximate surface area is 131 Å². The highest BCUT2D eigenvalue weighted by atomic mass is 79.9. The second kappa shape index (κ2) is 6.58. The van der Waals surface area contributed by atoms with Crippen molar-refractivity contribution in [1.82, 2.24) is 4.98 Å². The van der Waals surface area contributed by atoms with Crippen LogP contribution >= 0.6 is 15.9 Å². The van der Waals surface area contributed by atoms with Crippen molar-refractivity contribution < 1.29 is 14.3 Å². The molecule has 21 heavy (non-hydrogen) atoms. The molecule has 0 spiro atoms. The molecule has 110 valence electrons. The summed E-state index contributed by atoms with van der Waals surface area (Å²) in [5, 5.41) is 2.82. The molecule has 0 aliphatic carbocycles. The molecule has 1 N–H and O–H groups in total. The average Bonchev–Trinajstić information content (AvgIpc) is 2.49. The fourth-order valence-corrected chi connectivity index (χ4v) is 2.34. The van der Waals surface area contributed by atoms with Crippen LogP contribution in [-0.2, 0) is 0 Å². The number of aryl methyl sites for hydroxylation is 1. The highest BCUT2D eigenvalue weighted by Gasteiger charge is 2.15. The quantitative estimate of drug-likeness (QED) is 0.917. The Morgan fingerprint density at radius 1 is 1.24 bits per heavy atom. The molecule has 0 aliphatic rings. The van der Waals surface area contributed by atoms with Gasteiger partial charge in [-0.25, -0.2) is 0 Å². The zero-order valence-corrected chi connectivity index (χ0v) is 13.5. The normalized spacial score (nSPS) is 10.1. The highest BCUT2D eigenvalue weighted by Crippen LogP contribution is 2.35. The third-order valence-electron chi connectivity index (χ3n) is 3.00. The first kappa shape index (κ1) is 15.3. The maximum absolute atomic E-state index is 12.3. The first-order valence-electron chi connectivity index (χ1n) is 6.20. The summed E-state index contributed by atoms with van der Waals surface area (Å²) in [5.74, 6) is 0.806. The van der Waals surface area contributed by atoms with E-state index in [1.165, 1.54) is 14.2 Å². The fraction of sp³-hybridized carbons (Fsp3) is 0.200. The number of carbonyl (C=O) groups excluding carboxylic acids is 1. The van der Waals surface area contributed by atoms with Gasteiger partial charge in [0.1, 0.15) is 16.0 Å². The van der Waals surface area contributed by atoms with Crippen LogP contribution in [0, 0.1) is 6.92 Å². The molecule has 1 heterocycles. The Bertz CT molecular complexity index is 649. The Kier molecular flexibility index (Phi) is 4.80. The summed E-state index contributed by atoms with van der Waals surface area (Å²) in [6.07, 6.45) is 3.29. The number of carbonyl (C=O) groups is 1. The van der Waals surface area contributed by atoms with Crippen molar-refractivity contribution in [2.75, 3.05) is 19.5 Å². The van der Waals surface area contributed by atoms with Crippen LogP contribution in [0.25, 0.3) is 0 Å². The molecule has 2 aromatic rings. The van der Waals surface area contributed by atoms with Crippen LogP contribution in [-0.4, -0.2) is 25.1 Å². The number of ether oxygens (including phenoxy) is 2. The van der Waals surface area contributed by atoms with Gasteiger partial charge < -0.3 is 14.8 Å². The van der Waals surface area contributed by atoms with Gasteiger partial charge in [0.05, 0.1) is 26.1 Å². The number of rotatable bonds is 4. The summed E-state index contributed by atoms with van der Waals surface area (Å²) in [6.45, 7) is 1.90. The maximum atomic E-state index is 12.3. The predicted octanol–water partition coefficient (Wildman–Crippen LogP) is 3.42. The lowest BCUT2D eigenvalue weighted by atomic mass is 10.1. The van der Waals surface area contributed by atoms with E-state index >= 15 is 0 Å². The van der Waals surface area contributed by atoms with Gasteiger partial charge in [0.2, 0.25) is 0 Å². The van der Waals surface area contributed by atoms with Gasteiger partial charge in [-0.05, 0) is 46.6 Å². The van der Waals surface area contributed by atoms with Crippen molar-refractivity contribution in [2.24, 2.45) is 0 Å². The van der Waals surface area contributed by atoms with Crippen molar-refractivity contribution in [2.45, 2.75) is 6.92 Å². The molecule has 0 saturated heterocycles. The van der Waals surface area contributed by atoms with E-state index in [-0.39, 0.29) is 5.91 Å². The molecule has 0 saturated carbocycles. The smallest absolute Gasteiger partial charge is 0.255 e. The molecule has 5 nitrogen and oxygen atoms in total. The number of benzene rings is 1. The minimum absolute atomic E-state index is 0.254. The molecule has 6 heteroatoms. The van der Waals surface area contributed by atoms with Crippen molar-refractivity contribution in [3.05, 3.63) is 46.2 Å². The lowest BCUT2D eigenvalue weighted by Gasteiger charge is -2.12. The largest absolute Gasteiger partial charge is 0.495 e. The van der Waals surface area contributed by atoms with Gasteiger partial charge >= 0.3 is 0 Å². The van der Waals surface area contributed by atoms with E-state index in [0.29, 0.717) is 27.2 Å². The van der Waals surface area contributed by atoms with Gasteiger partial charge in [0.15, 0.2) is 0 Å². The topological polar surface area (TPSA) is 60.5 Å². The van der Waals surface area contributed by atoms with E-state index in [1.807, 2.05) is 13.0 Å². The van der Waals surface area contributed by atoms with Crippen LogP contribution in [0.5, 0.6) is 11.5 Å². The van der Waals surface area contributed by atoms with E-state index < -0.39 is 0 Å². The third-order valence-corrected chi connectivity index (χ3v) is 3.78. The van der Waals surface area contributed by atoms with E-state index in [4.69, 9.17) is 9.47 Å². The zero-order chi connectivity index (χ0) is 15.4. The Morgan fingerprint density at radius 3 is 2.38 bits per heavy atom. The van der Waals surface area contributed by atoms with Crippen molar-refractivity contribution in [1.29, 1.82) is 0 Å². The molecule has 0 aliphatic heterocycles. The molecule has 0 unspecified atom stereocenters. The van der Waals surface area contributed by atoms with Crippen LogP contribution in [0.15, 0.2) is 35.1 Å². The molecule has 2 rings (SSSR count). The second-order valence-corrected chi connectivity index (χ2v) is 5.13. The summed E-state index contributed by atoms with van der Waals surface area (Å²) in [4.78, 5) is 16.4. The monoisotopic (exact) mass is 350 g/mol. The molecule has 0 radical (unpaired) electrons. The maximum Gasteiger partial charge on any atom is 0.255 e. The summed E-state index contributed by atoms with van der Waals surface area (Å²) >= 11 is 3.37. The number of aromatic nitrogens is 1. The number of methoxy groups -OCH3 is 2. The van der Waals surface area contributed by atoms with Crippen molar-refractivity contribution in [3.8, 4) is 11.5 Å². The van der Waals surface area contributed by atoms with Gasteiger partial charge in [-0.3, -0.25) is 9.78 Å². The van der Waals surface area contributed by atoms with Crippen LogP contribution in [0.3, 0.4) is 0 Å². The number of pyridine rings is 1. The minimum Gasteiger partial charge on any atom is -0.495 e. The zero-order valence-electron chi connectivity index (χ0n) is 11.9. The lowest BCUT2D eigenvalue weighted by Crippen LogP contribution is -2.13. The predicted molar refractivity (Wildman–Crippen MR) is 84.2 cm³/mol. The molecule has 1 aromatic carbocycles. The average molecular weight is 351 g/mol. The highest BCUT2D eigenvalue weighted by molar-refractivity contribution is 9.10. The number of anilines is 1. The van der Waals surface area contributed by atoms with Gasteiger partial charge in [-0.1, -0.05) is 0 Å². The van der Waals surface area contributed by atoms with E-state index in [1.54, 1.807) is 24.5 Å². The Balaban J connectivity index is 2.33. The number of halogens is 1. The number of nitrogens with one attached hydrogen (secondary N) is 1. The standard InChI is InChI=1S/C15H15BrN2O3/c1-9-4-5-17-8-11(9)18-15(19)10-6-12(20-2)14(16)13(7-10)21-3/h4-8H,1-3H3,(H,18,19). The number of hydrogen-bond donors (Lipinski definition) is 1. The number of hydrogen-bond acceptors (Lipinski definition) is 4. The molecule has 1 amide bonds. The van der Waals surface area contributed by atoms with Gasteiger partial charge in [0, 0.05) is 11.8 Å². The van der Waals surface area contributed by atoms with Gasteiger partial charge in [-0.15, -0.1) is 0 Å². The molecular formula is C15H15BrN2O3. The summed E-state index contributed by atoms with van der Waals surface area (Å²) < 4.78 is 11.1. The molecule has 1 aromatic heterocycles. The fourth-order valence-electron chi connectivity index (χ4n) is 1.79. The minimum atomic E-state index is -0.254. The lowest BCUT2D eigenvalue weighted by molar-refractivity contribution is 0.102. The van der Waals surface area contributed by atoms with Crippen LogP contribution in [0.2, 0.25) is 0 Å². The second-order valence-electron chi connectivity index (χ2n) is 4.34. The van der Waals surface area contributed by atoms with E-state index in [0.717, 1.165) is 5.56 Å². The number of nitrogens with zero attached hydrogens (tertiary/aromatic N) is 1. The first-order valence-corrected chi connectivity index (χ1v) is 6.99. The van der Waals surface area contributed by atoms with Gasteiger partial charge in [0.25, 0.3) is 5.91 Å². The van der Waals surface area contributed by atoms with E-state index in [2.05, 4.69) is 26.2 Å². The molecule has 0 fully saturated rings. The molecule has 0 atom stereocenters. The summed E-state index contributed by atoms with van der Waals surface area (Å²) in [7, 11) is 3.07. The SMILES string of the molecule is COc1cc(C(=O)Nc2cnccc2C)cc(OC)c1Br. The van der Waals surface area contributed by atoms with E-state index in [9.17, 15) is 4.79 Å². The summed E-state index contributed by atoms with van der Waals surface area (Å²) in [6, 6.07) is 5.12.